The highest BCUT2D eigenvalue weighted by Crippen LogP contribution is 2.50. The molecule has 0 saturated carbocycles. The summed E-state index contributed by atoms with van der Waals surface area (Å²) in [6.07, 6.45) is 0. The Bertz CT molecular complexity index is 248. The van der Waals surface area contributed by atoms with Gasteiger partial charge < -0.3 is 4.52 Å². The molecule has 0 radical (unpaired) electrons. The van der Waals surface area contributed by atoms with Crippen LogP contribution in [0, 0.1) is 0 Å². The molecule has 0 aromatic rings. The zero-order chi connectivity index (χ0) is 10.4. The highest BCUT2D eigenvalue weighted by Gasteiger charge is 2.26. The first-order chi connectivity index (χ1) is 6.70. The van der Waals surface area contributed by atoms with Crippen LogP contribution in [0.5, 0.6) is 0 Å². The van der Waals surface area contributed by atoms with Crippen molar-refractivity contribution < 1.29 is 18.1 Å². The Kier molecular flexibility index (Phi) is 5.41. The van der Waals surface area contributed by atoms with Crippen molar-refractivity contribution in [3.8, 4) is 0 Å². The molecule has 1 heterocycles. The number of phosphoric acid groups is 1. The second-order valence-electron chi connectivity index (χ2n) is 2.41. The predicted molar refractivity (Wildman–Crippen MR) is 60.6 cm³/mol. The van der Waals surface area contributed by atoms with Gasteiger partial charge in [0.2, 0.25) is 0 Å². The summed E-state index contributed by atoms with van der Waals surface area (Å²) >= 11 is 3.38. The standard InChI is InChI=1S/C7H13O4PS2/c1-9-12(8,10-2)11-7-5-13-3-4-14-6-7/h5H,3-4,6H2,1-2H3. The molecular weight excluding hydrogens is 243 g/mol. The molecule has 14 heavy (non-hydrogen) atoms. The maximum absolute atomic E-state index is 11.6. The van der Waals surface area contributed by atoms with E-state index in [9.17, 15) is 4.57 Å². The first-order valence-electron chi connectivity index (χ1n) is 3.99. The molecule has 0 unspecified atom stereocenters. The molecule has 1 rings (SSSR count). The van der Waals surface area contributed by atoms with Crippen LogP contribution in [0.25, 0.3) is 0 Å². The van der Waals surface area contributed by atoms with Crippen LogP contribution < -0.4 is 0 Å². The molecule has 4 nitrogen and oxygen atoms in total. The number of rotatable bonds is 4. The summed E-state index contributed by atoms with van der Waals surface area (Å²) in [6, 6.07) is 0. The average molecular weight is 256 g/mol. The van der Waals surface area contributed by atoms with E-state index >= 15 is 0 Å². The second-order valence-corrected chi connectivity index (χ2v) is 6.30. The Morgan fingerprint density at radius 3 is 2.71 bits per heavy atom. The molecule has 1 aliphatic rings. The average Bonchev–Trinajstić information content (AvgIpc) is 2.46. The lowest BCUT2D eigenvalue weighted by molar-refractivity contribution is 0.184. The number of thioether (sulfide) groups is 2. The Morgan fingerprint density at radius 1 is 1.36 bits per heavy atom. The van der Waals surface area contributed by atoms with Crippen molar-refractivity contribution in [2.24, 2.45) is 0 Å². The third-order valence-corrected chi connectivity index (χ3v) is 4.94. The van der Waals surface area contributed by atoms with Gasteiger partial charge in [0.25, 0.3) is 0 Å². The van der Waals surface area contributed by atoms with Crippen molar-refractivity contribution in [1.29, 1.82) is 0 Å². The Morgan fingerprint density at radius 2 is 2.07 bits per heavy atom. The van der Waals surface area contributed by atoms with Crippen LogP contribution >= 0.6 is 31.3 Å². The molecule has 82 valence electrons. The molecule has 1 aliphatic heterocycles. The van der Waals surface area contributed by atoms with Gasteiger partial charge in [-0.2, -0.15) is 11.8 Å². The molecular formula is C7H13O4PS2. The minimum atomic E-state index is -3.36. The van der Waals surface area contributed by atoms with Gasteiger partial charge in [0.05, 0.1) is 5.75 Å². The molecule has 0 saturated heterocycles. The normalized spacial score (nSPS) is 18.6. The summed E-state index contributed by atoms with van der Waals surface area (Å²) in [5.74, 6) is 3.48. The van der Waals surface area contributed by atoms with Crippen LogP contribution in [0.2, 0.25) is 0 Å². The summed E-state index contributed by atoms with van der Waals surface area (Å²) in [5.41, 5.74) is 0. The van der Waals surface area contributed by atoms with E-state index in [0.29, 0.717) is 11.5 Å². The van der Waals surface area contributed by atoms with E-state index in [1.807, 2.05) is 5.41 Å². The van der Waals surface area contributed by atoms with Crippen LogP contribution in [-0.4, -0.2) is 31.5 Å². The van der Waals surface area contributed by atoms with Gasteiger partial charge in [0.1, 0.15) is 5.76 Å². The first-order valence-corrected chi connectivity index (χ1v) is 7.66. The van der Waals surface area contributed by atoms with Crippen molar-refractivity contribution >= 4 is 31.3 Å². The van der Waals surface area contributed by atoms with Crippen molar-refractivity contribution in [2.75, 3.05) is 31.5 Å². The van der Waals surface area contributed by atoms with Gasteiger partial charge >= 0.3 is 7.82 Å². The predicted octanol–water partition coefficient (Wildman–Crippen LogP) is 2.73. The van der Waals surface area contributed by atoms with Gasteiger partial charge in [0, 0.05) is 31.1 Å². The van der Waals surface area contributed by atoms with Gasteiger partial charge in [0.15, 0.2) is 0 Å². The Hall–Kier alpha value is 0.390. The molecule has 0 atom stereocenters. The van der Waals surface area contributed by atoms with E-state index in [-0.39, 0.29) is 0 Å². The summed E-state index contributed by atoms with van der Waals surface area (Å²) in [4.78, 5) is 0. The quantitative estimate of drug-likeness (QED) is 0.721. The minimum Gasteiger partial charge on any atom is -0.407 e. The molecule has 0 amide bonds. The minimum absolute atomic E-state index is 0.657. The van der Waals surface area contributed by atoms with Crippen LogP contribution in [0.4, 0.5) is 0 Å². The van der Waals surface area contributed by atoms with E-state index in [2.05, 4.69) is 9.05 Å². The van der Waals surface area contributed by atoms with E-state index in [4.69, 9.17) is 4.52 Å². The fraction of sp³-hybridized carbons (Fsp3) is 0.714. The van der Waals surface area contributed by atoms with Gasteiger partial charge in [-0.25, -0.2) is 4.57 Å². The van der Waals surface area contributed by atoms with E-state index in [1.54, 1.807) is 23.5 Å². The smallest absolute Gasteiger partial charge is 0.407 e. The number of phosphoric ester groups is 1. The number of hydrogen-bond donors (Lipinski definition) is 0. The lowest BCUT2D eigenvalue weighted by Crippen LogP contribution is -1.97. The SMILES string of the molecule is COP(=O)(OC)OC1=CSCCSC1. The van der Waals surface area contributed by atoms with Crippen molar-refractivity contribution in [2.45, 2.75) is 0 Å². The monoisotopic (exact) mass is 256 g/mol. The van der Waals surface area contributed by atoms with Crippen molar-refractivity contribution in [3.05, 3.63) is 11.2 Å². The molecule has 0 spiro atoms. The maximum Gasteiger partial charge on any atom is 0.529 e. The van der Waals surface area contributed by atoms with E-state index in [1.165, 1.54) is 14.2 Å². The highest BCUT2D eigenvalue weighted by molar-refractivity contribution is 8.05. The van der Waals surface area contributed by atoms with Gasteiger partial charge in [-0.3, -0.25) is 9.05 Å². The summed E-state index contributed by atoms with van der Waals surface area (Å²) in [5, 5.41) is 1.87. The Labute approximate surface area is 92.4 Å². The van der Waals surface area contributed by atoms with Gasteiger partial charge in [-0.15, -0.1) is 11.8 Å². The maximum atomic E-state index is 11.6. The van der Waals surface area contributed by atoms with Gasteiger partial charge in [-0.1, -0.05) is 0 Å². The van der Waals surface area contributed by atoms with Crippen molar-refractivity contribution in [1.82, 2.24) is 0 Å². The van der Waals surface area contributed by atoms with Crippen LogP contribution in [0.3, 0.4) is 0 Å². The molecule has 0 bridgehead atoms. The lowest BCUT2D eigenvalue weighted by Gasteiger charge is -2.15. The summed E-state index contributed by atoms with van der Waals surface area (Å²) < 4.78 is 26.2. The third-order valence-electron chi connectivity index (χ3n) is 1.48. The second kappa shape index (κ2) is 6.08. The molecule has 0 aromatic heterocycles. The lowest BCUT2D eigenvalue weighted by atomic mass is 10.7. The summed E-state index contributed by atoms with van der Waals surface area (Å²) in [6.45, 7) is 0. The van der Waals surface area contributed by atoms with E-state index < -0.39 is 7.82 Å². The van der Waals surface area contributed by atoms with Gasteiger partial charge in [-0.05, 0) is 0 Å². The fourth-order valence-corrected chi connectivity index (χ4v) is 3.55. The molecule has 0 N–H and O–H groups in total. The van der Waals surface area contributed by atoms with Crippen LogP contribution in [0.1, 0.15) is 0 Å². The van der Waals surface area contributed by atoms with Crippen LogP contribution in [0.15, 0.2) is 11.2 Å². The van der Waals surface area contributed by atoms with Crippen molar-refractivity contribution in [3.63, 3.8) is 0 Å². The molecule has 0 aliphatic carbocycles. The molecule has 0 fully saturated rings. The Balaban J connectivity index is 2.56. The zero-order valence-corrected chi connectivity index (χ0v) is 10.6. The third kappa shape index (κ3) is 3.87. The topological polar surface area (TPSA) is 44.8 Å². The first kappa shape index (κ1) is 12.5. The van der Waals surface area contributed by atoms with Crippen LogP contribution in [-0.2, 0) is 18.1 Å². The number of hydrogen-bond acceptors (Lipinski definition) is 6. The largest absolute Gasteiger partial charge is 0.529 e. The van der Waals surface area contributed by atoms with E-state index in [0.717, 1.165) is 11.5 Å². The molecule has 0 aromatic carbocycles. The summed E-state index contributed by atoms with van der Waals surface area (Å²) in [7, 11) is -0.749. The molecule has 7 heteroatoms. The fourth-order valence-electron chi connectivity index (χ4n) is 0.806. The zero-order valence-electron chi connectivity index (χ0n) is 8.10. The highest BCUT2D eigenvalue weighted by atomic mass is 32.2.